The molecule has 6 heteroatoms. The molecule has 1 aromatic rings. The largest absolute Gasteiger partial charge is 0.389 e. The smallest absolute Gasteiger partial charge is 0.255 e. The zero-order valence-electron chi connectivity index (χ0n) is 9.86. The molecule has 3 atom stereocenters. The van der Waals surface area contributed by atoms with Crippen molar-refractivity contribution in [3.05, 3.63) is 35.9 Å². The quantitative estimate of drug-likeness (QED) is 0.306. The predicted octanol–water partition coefficient (Wildman–Crippen LogP) is -1.25. The SMILES string of the molecule is NNC(=O)C(c1ccccc1)N1CC(O)C(O)C1. The van der Waals surface area contributed by atoms with Crippen molar-refractivity contribution in [1.82, 2.24) is 10.3 Å². The number of aliphatic hydroxyl groups excluding tert-OH is 2. The first-order valence-corrected chi connectivity index (χ1v) is 5.79. The fraction of sp³-hybridized carbons (Fsp3) is 0.417. The van der Waals surface area contributed by atoms with Gasteiger partial charge in [0.2, 0.25) is 0 Å². The minimum absolute atomic E-state index is 0.244. The second kappa shape index (κ2) is 5.45. The lowest BCUT2D eigenvalue weighted by atomic mass is 10.1. The molecule has 1 aliphatic rings. The summed E-state index contributed by atoms with van der Waals surface area (Å²) in [7, 11) is 0. The number of amides is 1. The number of nitrogens with two attached hydrogens (primary N) is 1. The molecule has 0 radical (unpaired) electrons. The Labute approximate surface area is 105 Å². The van der Waals surface area contributed by atoms with Crippen LogP contribution in [0.4, 0.5) is 0 Å². The van der Waals surface area contributed by atoms with Gasteiger partial charge in [0.15, 0.2) is 0 Å². The maximum Gasteiger partial charge on any atom is 0.255 e. The number of hydrogen-bond donors (Lipinski definition) is 4. The highest BCUT2D eigenvalue weighted by molar-refractivity contribution is 5.82. The number of aliphatic hydroxyl groups is 2. The zero-order chi connectivity index (χ0) is 13.1. The van der Waals surface area contributed by atoms with Crippen LogP contribution in [0.5, 0.6) is 0 Å². The lowest BCUT2D eigenvalue weighted by molar-refractivity contribution is -0.126. The molecular formula is C12H17N3O3. The molecule has 1 aromatic carbocycles. The molecule has 2 rings (SSSR count). The van der Waals surface area contributed by atoms with E-state index in [-0.39, 0.29) is 19.0 Å². The third kappa shape index (κ3) is 2.51. The van der Waals surface area contributed by atoms with E-state index >= 15 is 0 Å². The van der Waals surface area contributed by atoms with Crippen LogP contribution in [-0.2, 0) is 4.79 Å². The van der Waals surface area contributed by atoms with Gasteiger partial charge in [-0.3, -0.25) is 15.1 Å². The minimum Gasteiger partial charge on any atom is -0.389 e. The molecule has 0 aliphatic carbocycles. The van der Waals surface area contributed by atoms with Gasteiger partial charge in [0.1, 0.15) is 6.04 Å². The van der Waals surface area contributed by atoms with Gasteiger partial charge in [0, 0.05) is 13.1 Å². The lowest BCUT2D eigenvalue weighted by Crippen LogP contribution is -2.43. The Balaban J connectivity index is 2.24. The van der Waals surface area contributed by atoms with Crippen molar-refractivity contribution in [2.75, 3.05) is 13.1 Å². The third-order valence-corrected chi connectivity index (χ3v) is 3.16. The van der Waals surface area contributed by atoms with Crippen LogP contribution in [0.15, 0.2) is 30.3 Å². The summed E-state index contributed by atoms with van der Waals surface area (Å²) in [4.78, 5) is 13.6. The first-order chi connectivity index (χ1) is 8.63. The average Bonchev–Trinajstić information content (AvgIpc) is 2.70. The Bertz CT molecular complexity index is 402. The summed E-state index contributed by atoms with van der Waals surface area (Å²) in [5.41, 5.74) is 2.91. The van der Waals surface area contributed by atoms with E-state index in [0.717, 1.165) is 5.56 Å². The number of benzene rings is 1. The Morgan fingerprint density at radius 3 is 2.33 bits per heavy atom. The van der Waals surface area contributed by atoms with Crippen LogP contribution in [0, 0.1) is 0 Å². The Kier molecular flexibility index (Phi) is 3.93. The van der Waals surface area contributed by atoms with E-state index in [1.54, 1.807) is 4.90 Å². The molecule has 6 nitrogen and oxygen atoms in total. The van der Waals surface area contributed by atoms with Gasteiger partial charge in [-0.2, -0.15) is 0 Å². The molecule has 0 saturated carbocycles. The topological polar surface area (TPSA) is 98.8 Å². The number of β-amino-alcohol motifs (C(OH)–C–C–N with tert-alkyl or cyclic N) is 2. The maximum absolute atomic E-state index is 11.9. The number of nitrogens with zero attached hydrogens (tertiary/aromatic N) is 1. The summed E-state index contributed by atoms with van der Waals surface area (Å²) in [6.07, 6.45) is -1.66. The van der Waals surface area contributed by atoms with Gasteiger partial charge in [0.05, 0.1) is 12.2 Å². The zero-order valence-corrected chi connectivity index (χ0v) is 9.86. The van der Waals surface area contributed by atoms with Crippen LogP contribution >= 0.6 is 0 Å². The summed E-state index contributed by atoms with van der Waals surface area (Å²) >= 11 is 0. The van der Waals surface area contributed by atoms with E-state index in [1.165, 1.54) is 0 Å². The molecule has 0 bridgehead atoms. The standard InChI is InChI=1S/C12H17N3O3/c13-14-12(18)11(8-4-2-1-3-5-8)15-6-9(16)10(17)7-15/h1-5,9-11,16-17H,6-7,13H2,(H,14,18). The molecule has 98 valence electrons. The Morgan fingerprint density at radius 2 is 1.83 bits per heavy atom. The molecule has 1 amide bonds. The normalized spacial score (nSPS) is 25.9. The second-order valence-electron chi connectivity index (χ2n) is 4.41. The van der Waals surface area contributed by atoms with E-state index in [2.05, 4.69) is 5.43 Å². The van der Waals surface area contributed by atoms with Crippen molar-refractivity contribution in [3.8, 4) is 0 Å². The number of likely N-dealkylation sites (tertiary alicyclic amines) is 1. The number of rotatable bonds is 3. The van der Waals surface area contributed by atoms with E-state index in [4.69, 9.17) is 5.84 Å². The molecule has 1 heterocycles. The van der Waals surface area contributed by atoms with Gasteiger partial charge in [-0.25, -0.2) is 5.84 Å². The Hall–Kier alpha value is -1.47. The summed E-state index contributed by atoms with van der Waals surface area (Å²) < 4.78 is 0. The summed E-state index contributed by atoms with van der Waals surface area (Å²) in [5.74, 6) is 4.84. The number of carbonyl (C=O) groups is 1. The summed E-state index contributed by atoms with van der Waals surface area (Å²) in [5, 5.41) is 19.1. The van der Waals surface area contributed by atoms with Gasteiger partial charge in [-0.15, -0.1) is 0 Å². The molecule has 5 N–H and O–H groups in total. The minimum atomic E-state index is -0.832. The van der Waals surface area contributed by atoms with E-state index < -0.39 is 18.2 Å². The monoisotopic (exact) mass is 251 g/mol. The van der Waals surface area contributed by atoms with Crippen molar-refractivity contribution >= 4 is 5.91 Å². The van der Waals surface area contributed by atoms with Crippen LogP contribution < -0.4 is 11.3 Å². The fourth-order valence-corrected chi connectivity index (χ4v) is 2.25. The summed E-state index contributed by atoms with van der Waals surface area (Å²) in [6, 6.07) is 8.55. The van der Waals surface area contributed by atoms with Crippen molar-refractivity contribution in [2.24, 2.45) is 5.84 Å². The van der Waals surface area contributed by atoms with Gasteiger partial charge < -0.3 is 10.2 Å². The van der Waals surface area contributed by atoms with Crippen LogP contribution in [0.1, 0.15) is 11.6 Å². The number of carbonyl (C=O) groups excluding carboxylic acids is 1. The van der Waals surface area contributed by atoms with E-state index in [9.17, 15) is 15.0 Å². The molecule has 0 spiro atoms. The van der Waals surface area contributed by atoms with Gasteiger partial charge in [-0.1, -0.05) is 30.3 Å². The number of hydrazine groups is 1. The molecule has 18 heavy (non-hydrogen) atoms. The van der Waals surface area contributed by atoms with Crippen LogP contribution in [-0.4, -0.2) is 46.3 Å². The molecule has 1 fully saturated rings. The van der Waals surface area contributed by atoms with E-state index in [1.807, 2.05) is 30.3 Å². The molecule has 3 unspecified atom stereocenters. The van der Waals surface area contributed by atoms with Gasteiger partial charge in [-0.05, 0) is 5.56 Å². The average molecular weight is 251 g/mol. The fourth-order valence-electron chi connectivity index (χ4n) is 2.25. The second-order valence-corrected chi connectivity index (χ2v) is 4.41. The maximum atomic E-state index is 11.9. The number of hydrogen-bond acceptors (Lipinski definition) is 5. The highest BCUT2D eigenvalue weighted by Gasteiger charge is 2.37. The Morgan fingerprint density at radius 1 is 1.28 bits per heavy atom. The first kappa shape index (κ1) is 13.0. The van der Waals surface area contributed by atoms with Gasteiger partial charge in [0.25, 0.3) is 5.91 Å². The van der Waals surface area contributed by atoms with Crippen LogP contribution in [0.25, 0.3) is 0 Å². The predicted molar refractivity (Wildman–Crippen MR) is 65.1 cm³/mol. The van der Waals surface area contributed by atoms with E-state index in [0.29, 0.717) is 0 Å². The lowest BCUT2D eigenvalue weighted by Gasteiger charge is -2.26. The highest BCUT2D eigenvalue weighted by atomic mass is 16.3. The summed E-state index contributed by atoms with van der Waals surface area (Å²) in [6.45, 7) is 0.488. The van der Waals surface area contributed by atoms with Crippen molar-refractivity contribution < 1.29 is 15.0 Å². The number of nitrogens with one attached hydrogen (secondary N) is 1. The van der Waals surface area contributed by atoms with Gasteiger partial charge >= 0.3 is 0 Å². The van der Waals surface area contributed by atoms with Crippen molar-refractivity contribution in [2.45, 2.75) is 18.2 Å². The van der Waals surface area contributed by atoms with Crippen LogP contribution in [0.2, 0.25) is 0 Å². The molecule has 0 aromatic heterocycles. The molecular weight excluding hydrogens is 234 g/mol. The first-order valence-electron chi connectivity index (χ1n) is 5.79. The van der Waals surface area contributed by atoms with Crippen LogP contribution in [0.3, 0.4) is 0 Å². The molecule has 1 aliphatic heterocycles. The van der Waals surface area contributed by atoms with Crippen molar-refractivity contribution in [3.63, 3.8) is 0 Å². The molecule has 1 saturated heterocycles. The highest BCUT2D eigenvalue weighted by Crippen LogP contribution is 2.25. The van der Waals surface area contributed by atoms with Crippen molar-refractivity contribution in [1.29, 1.82) is 0 Å². The third-order valence-electron chi connectivity index (χ3n) is 3.16.